The Morgan fingerprint density at radius 2 is 2.40 bits per heavy atom. The molecule has 1 N–H and O–H groups in total. The highest BCUT2D eigenvalue weighted by Gasteiger charge is 2.13. The standard InChI is InChI=1S/C10H14BrNO2S/c1-7-3-4-8(15-7)5-12-6-9(11)10(13)14-2/h3-4,9,12H,5-6H2,1-2H3. The first-order valence-electron chi connectivity index (χ1n) is 4.61. The molecule has 1 atom stereocenters. The summed E-state index contributed by atoms with van der Waals surface area (Å²) in [4.78, 5) is 13.4. The van der Waals surface area contributed by atoms with Gasteiger partial charge in [-0.15, -0.1) is 11.3 Å². The first kappa shape index (κ1) is 12.7. The maximum Gasteiger partial charge on any atom is 0.320 e. The maximum absolute atomic E-state index is 11.1. The van der Waals surface area contributed by atoms with Crippen LogP contribution in [0.25, 0.3) is 0 Å². The van der Waals surface area contributed by atoms with E-state index >= 15 is 0 Å². The molecule has 1 aromatic rings. The van der Waals surface area contributed by atoms with Gasteiger partial charge in [0.25, 0.3) is 0 Å². The highest BCUT2D eigenvalue weighted by molar-refractivity contribution is 9.10. The van der Waals surface area contributed by atoms with Crippen LogP contribution in [0.5, 0.6) is 0 Å². The molecule has 1 rings (SSSR count). The van der Waals surface area contributed by atoms with Crippen molar-refractivity contribution in [2.45, 2.75) is 18.3 Å². The van der Waals surface area contributed by atoms with Crippen LogP contribution >= 0.6 is 27.3 Å². The zero-order valence-electron chi connectivity index (χ0n) is 8.75. The van der Waals surface area contributed by atoms with E-state index in [1.54, 1.807) is 11.3 Å². The van der Waals surface area contributed by atoms with Crippen molar-refractivity contribution in [3.05, 3.63) is 21.9 Å². The van der Waals surface area contributed by atoms with Gasteiger partial charge in [-0.1, -0.05) is 15.9 Å². The van der Waals surface area contributed by atoms with Gasteiger partial charge in [-0.3, -0.25) is 4.79 Å². The Balaban J connectivity index is 2.24. The largest absolute Gasteiger partial charge is 0.468 e. The number of carbonyl (C=O) groups is 1. The van der Waals surface area contributed by atoms with Gasteiger partial charge < -0.3 is 10.1 Å². The summed E-state index contributed by atoms with van der Waals surface area (Å²) in [6.07, 6.45) is 0. The number of carbonyl (C=O) groups excluding carboxylic acids is 1. The van der Waals surface area contributed by atoms with E-state index in [2.05, 4.69) is 45.0 Å². The van der Waals surface area contributed by atoms with Gasteiger partial charge in [-0.05, 0) is 19.1 Å². The number of hydrogen-bond donors (Lipinski definition) is 1. The summed E-state index contributed by atoms with van der Waals surface area (Å²) in [7, 11) is 1.39. The van der Waals surface area contributed by atoms with E-state index in [1.165, 1.54) is 16.9 Å². The summed E-state index contributed by atoms with van der Waals surface area (Å²) in [6, 6.07) is 4.18. The quantitative estimate of drug-likeness (QED) is 0.667. The predicted molar refractivity (Wildman–Crippen MR) is 65.5 cm³/mol. The predicted octanol–water partition coefficient (Wildman–Crippen LogP) is 2.08. The second-order valence-corrected chi connectivity index (χ2v) is 5.61. The van der Waals surface area contributed by atoms with Crippen LogP contribution in [0.15, 0.2) is 12.1 Å². The van der Waals surface area contributed by atoms with Gasteiger partial charge in [0.05, 0.1) is 7.11 Å². The van der Waals surface area contributed by atoms with Gasteiger partial charge in [0.1, 0.15) is 4.83 Å². The van der Waals surface area contributed by atoms with Crippen molar-refractivity contribution in [1.82, 2.24) is 5.32 Å². The molecule has 0 bridgehead atoms. The monoisotopic (exact) mass is 291 g/mol. The number of hydrogen-bond acceptors (Lipinski definition) is 4. The zero-order chi connectivity index (χ0) is 11.3. The van der Waals surface area contributed by atoms with Crippen molar-refractivity contribution < 1.29 is 9.53 Å². The first-order valence-corrected chi connectivity index (χ1v) is 6.34. The lowest BCUT2D eigenvalue weighted by Crippen LogP contribution is -2.29. The topological polar surface area (TPSA) is 38.3 Å². The number of esters is 1. The molecule has 0 aliphatic rings. The Morgan fingerprint density at radius 3 is 2.93 bits per heavy atom. The molecule has 5 heteroatoms. The molecule has 0 saturated carbocycles. The molecule has 1 aromatic heterocycles. The van der Waals surface area contributed by atoms with Crippen LogP contribution in [0.1, 0.15) is 9.75 Å². The number of thiophene rings is 1. The Bertz CT molecular complexity index is 327. The molecule has 0 radical (unpaired) electrons. The number of nitrogens with one attached hydrogen (secondary N) is 1. The lowest BCUT2D eigenvalue weighted by Gasteiger charge is -2.07. The van der Waals surface area contributed by atoms with E-state index in [4.69, 9.17) is 0 Å². The Morgan fingerprint density at radius 1 is 1.67 bits per heavy atom. The van der Waals surface area contributed by atoms with Gasteiger partial charge in [0.2, 0.25) is 0 Å². The molecule has 1 unspecified atom stereocenters. The summed E-state index contributed by atoms with van der Waals surface area (Å²) < 4.78 is 4.60. The number of halogens is 1. The number of aryl methyl sites for hydroxylation is 1. The van der Waals surface area contributed by atoms with Crippen LogP contribution in [-0.4, -0.2) is 24.5 Å². The summed E-state index contributed by atoms with van der Waals surface area (Å²) in [5.74, 6) is -0.245. The molecular formula is C10H14BrNO2S. The third-order valence-electron chi connectivity index (χ3n) is 1.88. The number of methoxy groups -OCH3 is 1. The number of ether oxygens (including phenoxy) is 1. The van der Waals surface area contributed by atoms with Crippen molar-refractivity contribution >= 4 is 33.2 Å². The normalized spacial score (nSPS) is 12.5. The fourth-order valence-corrected chi connectivity index (χ4v) is 2.39. The summed E-state index contributed by atoms with van der Waals surface area (Å²) >= 11 is 5.01. The van der Waals surface area contributed by atoms with Crippen LogP contribution in [0.2, 0.25) is 0 Å². The summed E-state index contributed by atoms with van der Waals surface area (Å²) in [6.45, 7) is 3.44. The van der Waals surface area contributed by atoms with E-state index in [9.17, 15) is 4.79 Å². The number of rotatable bonds is 5. The Kier molecular flexibility index (Phi) is 5.28. The second-order valence-electron chi connectivity index (χ2n) is 3.13. The summed E-state index contributed by atoms with van der Waals surface area (Å²) in [5, 5.41) is 3.19. The van der Waals surface area contributed by atoms with E-state index < -0.39 is 0 Å². The van der Waals surface area contributed by atoms with Gasteiger partial charge in [0, 0.05) is 22.8 Å². The minimum absolute atomic E-state index is 0.245. The molecular weight excluding hydrogens is 278 g/mol. The van der Waals surface area contributed by atoms with Gasteiger partial charge in [-0.25, -0.2) is 0 Å². The highest BCUT2D eigenvalue weighted by atomic mass is 79.9. The van der Waals surface area contributed by atoms with Crippen LogP contribution in [-0.2, 0) is 16.1 Å². The fourth-order valence-electron chi connectivity index (χ4n) is 1.11. The van der Waals surface area contributed by atoms with Gasteiger partial charge >= 0.3 is 5.97 Å². The van der Waals surface area contributed by atoms with E-state index in [0.717, 1.165) is 6.54 Å². The van der Waals surface area contributed by atoms with Crippen LogP contribution in [0, 0.1) is 6.92 Å². The van der Waals surface area contributed by atoms with Crippen molar-refractivity contribution in [3.63, 3.8) is 0 Å². The molecule has 1 heterocycles. The lowest BCUT2D eigenvalue weighted by molar-refractivity contribution is -0.139. The lowest BCUT2D eigenvalue weighted by atomic mass is 10.4. The smallest absolute Gasteiger partial charge is 0.320 e. The highest BCUT2D eigenvalue weighted by Crippen LogP contribution is 2.14. The molecule has 3 nitrogen and oxygen atoms in total. The third kappa shape index (κ3) is 4.32. The average Bonchev–Trinajstić information content (AvgIpc) is 2.63. The van der Waals surface area contributed by atoms with Gasteiger partial charge in [0.15, 0.2) is 0 Å². The van der Waals surface area contributed by atoms with Gasteiger partial charge in [-0.2, -0.15) is 0 Å². The minimum Gasteiger partial charge on any atom is -0.468 e. The van der Waals surface area contributed by atoms with Crippen molar-refractivity contribution in [2.24, 2.45) is 0 Å². The van der Waals surface area contributed by atoms with Crippen molar-refractivity contribution in [3.8, 4) is 0 Å². The molecule has 84 valence electrons. The summed E-state index contributed by atoms with van der Waals surface area (Å²) in [5.41, 5.74) is 0. The fraction of sp³-hybridized carbons (Fsp3) is 0.500. The van der Waals surface area contributed by atoms with E-state index in [-0.39, 0.29) is 10.8 Å². The Hall–Kier alpha value is -0.390. The molecule has 0 aliphatic heterocycles. The van der Waals surface area contributed by atoms with Crippen LogP contribution in [0.4, 0.5) is 0 Å². The Labute approximate surface area is 102 Å². The third-order valence-corrected chi connectivity index (χ3v) is 3.57. The zero-order valence-corrected chi connectivity index (χ0v) is 11.2. The average molecular weight is 292 g/mol. The molecule has 0 saturated heterocycles. The molecule has 0 fully saturated rings. The second kappa shape index (κ2) is 6.25. The minimum atomic E-state index is -0.274. The molecule has 0 aromatic carbocycles. The SMILES string of the molecule is COC(=O)C(Br)CNCc1ccc(C)s1. The molecule has 0 aliphatic carbocycles. The van der Waals surface area contributed by atoms with Crippen molar-refractivity contribution in [2.75, 3.05) is 13.7 Å². The molecule has 0 spiro atoms. The van der Waals surface area contributed by atoms with E-state index in [1.807, 2.05) is 0 Å². The van der Waals surface area contributed by atoms with Crippen LogP contribution in [0.3, 0.4) is 0 Å². The van der Waals surface area contributed by atoms with E-state index in [0.29, 0.717) is 6.54 Å². The number of alkyl halides is 1. The van der Waals surface area contributed by atoms with Crippen molar-refractivity contribution in [1.29, 1.82) is 0 Å². The molecule has 0 amide bonds. The molecule has 15 heavy (non-hydrogen) atoms. The first-order chi connectivity index (χ1) is 7.13. The maximum atomic E-state index is 11.1. The van der Waals surface area contributed by atoms with Crippen LogP contribution < -0.4 is 5.32 Å².